The summed E-state index contributed by atoms with van der Waals surface area (Å²) in [5.74, 6) is -0.649. The number of morpholine rings is 1. The number of para-hydroxylation sites is 1. The molecule has 0 aliphatic carbocycles. The fraction of sp³-hybridized carbons (Fsp3) is 0.292. The van der Waals surface area contributed by atoms with Crippen LogP contribution in [0, 0.1) is 6.92 Å². The van der Waals surface area contributed by atoms with Gasteiger partial charge in [-0.3, -0.25) is 0 Å². The maximum absolute atomic E-state index is 14.0. The molecule has 0 unspecified atom stereocenters. The van der Waals surface area contributed by atoms with Gasteiger partial charge in [0.2, 0.25) is 10.0 Å². The number of rotatable bonds is 6. The topological polar surface area (TPSA) is 77.8 Å². The Morgan fingerprint density at radius 1 is 1.00 bits per heavy atom. The van der Waals surface area contributed by atoms with E-state index in [0.717, 1.165) is 5.69 Å². The summed E-state index contributed by atoms with van der Waals surface area (Å²) in [6.45, 7) is 4.69. The number of benzene rings is 2. The van der Waals surface area contributed by atoms with Crippen molar-refractivity contribution < 1.29 is 22.7 Å². The molecule has 32 heavy (non-hydrogen) atoms. The van der Waals surface area contributed by atoms with Crippen LogP contribution in [0.1, 0.15) is 23.0 Å². The third-order valence-electron chi connectivity index (χ3n) is 5.47. The van der Waals surface area contributed by atoms with E-state index in [9.17, 15) is 13.2 Å². The number of esters is 1. The molecule has 1 fully saturated rings. The Labute approximate surface area is 188 Å². The largest absolute Gasteiger partial charge is 0.462 e. The van der Waals surface area contributed by atoms with E-state index in [1.54, 1.807) is 13.8 Å². The van der Waals surface area contributed by atoms with Gasteiger partial charge in [-0.1, -0.05) is 48.5 Å². The van der Waals surface area contributed by atoms with Crippen molar-refractivity contribution >= 4 is 16.0 Å². The lowest BCUT2D eigenvalue weighted by molar-refractivity contribution is 0.0520. The predicted octanol–water partition coefficient (Wildman–Crippen LogP) is 3.65. The normalized spacial score (nSPS) is 14.9. The van der Waals surface area contributed by atoms with Crippen LogP contribution < -0.4 is 0 Å². The van der Waals surface area contributed by atoms with Gasteiger partial charge in [0.15, 0.2) is 0 Å². The summed E-state index contributed by atoms with van der Waals surface area (Å²) in [4.78, 5) is 13.1. The number of ether oxygens (including phenoxy) is 2. The van der Waals surface area contributed by atoms with Crippen LogP contribution in [0.15, 0.2) is 65.6 Å². The molecule has 1 aliphatic rings. The monoisotopic (exact) mass is 454 g/mol. The molecule has 0 amide bonds. The first-order valence-electron chi connectivity index (χ1n) is 10.6. The van der Waals surface area contributed by atoms with E-state index in [2.05, 4.69) is 0 Å². The zero-order valence-corrected chi connectivity index (χ0v) is 19.0. The Bertz CT molecular complexity index is 1200. The molecule has 3 aromatic rings. The molecule has 0 N–H and O–H groups in total. The maximum Gasteiger partial charge on any atom is 0.341 e. The second-order valence-electron chi connectivity index (χ2n) is 7.41. The molecular weight excluding hydrogens is 428 g/mol. The number of nitrogens with zero attached hydrogens (tertiary/aromatic N) is 2. The number of carbonyl (C=O) groups excluding carboxylic acids is 1. The van der Waals surface area contributed by atoms with Crippen LogP contribution in [-0.2, 0) is 19.5 Å². The maximum atomic E-state index is 14.0. The molecule has 0 bridgehead atoms. The first kappa shape index (κ1) is 22.3. The average molecular weight is 455 g/mol. The van der Waals surface area contributed by atoms with Gasteiger partial charge in [-0.15, -0.1) is 0 Å². The van der Waals surface area contributed by atoms with Gasteiger partial charge in [-0.2, -0.15) is 4.31 Å². The van der Waals surface area contributed by atoms with Crippen molar-refractivity contribution in [3.05, 3.63) is 71.9 Å². The smallest absolute Gasteiger partial charge is 0.341 e. The second-order valence-corrected chi connectivity index (χ2v) is 9.29. The molecule has 1 aromatic heterocycles. The van der Waals surface area contributed by atoms with E-state index < -0.39 is 16.0 Å². The van der Waals surface area contributed by atoms with Crippen molar-refractivity contribution in [3.8, 4) is 16.9 Å². The molecule has 1 aliphatic heterocycles. The van der Waals surface area contributed by atoms with Gasteiger partial charge in [0.1, 0.15) is 10.5 Å². The average Bonchev–Trinajstić information content (AvgIpc) is 3.14. The third kappa shape index (κ3) is 3.97. The van der Waals surface area contributed by atoms with E-state index in [1.807, 2.05) is 65.2 Å². The van der Waals surface area contributed by atoms with Crippen LogP contribution in [0.2, 0.25) is 0 Å². The molecule has 7 nitrogen and oxygen atoms in total. The quantitative estimate of drug-likeness (QED) is 0.532. The lowest BCUT2D eigenvalue weighted by Crippen LogP contribution is -2.41. The molecule has 4 rings (SSSR count). The van der Waals surface area contributed by atoms with Gasteiger partial charge in [0, 0.05) is 24.5 Å². The van der Waals surface area contributed by atoms with Gasteiger partial charge in [0.25, 0.3) is 0 Å². The van der Waals surface area contributed by atoms with E-state index in [-0.39, 0.29) is 30.2 Å². The molecule has 0 radical (unpaired) electrons. The van der Waals surface area contributed by atoms with Gasteiger partial charge in [-0.25, -0.2) is 13.2 Å². The second kappa shape index (κ2) is 9.28. The fourth-order valence-corrected chi connectivity index (χ4v) is 5.86. The zero-order chi connectivity index (χ0) is 22.7. The molecule has 0 saturated carbocycles. The molecule has 8 heteroatoms. The lowest BCUT2D eigenvalue weighted by atomic mass is 10.1. The molecular formula is C24H26N2O5S. The summed E-state index contributed by atoms with van der Waals surface area (Å²) in [7, 11) is -4.01. The highest BCUT2D eigenvalue weighted by Gasteiger charge is 2.38. The van der Waals surface area contributed by atoms with Crippen molar-refractivity contribution in [3.63, 3.8) is 0 Å². The number of hydrogen-bond donors (Lipinski definition) is 0. The van der Waals surface area contributed by atoms with Crippen LogP contribution >= 0.6 is 0 Å². The van der Waals surface area contributed by atoms with Gasteiger partial charge < -0.3 is 14.0 Å². The predicted molar refractivity (Wildman–Crippen MR) is 121 cm³/mol. The minimum atomic E-state index is -4.01. The highest BCUT2D eigenvalue weighted by atomic mass is 32.2. The zero-order valence-electron chi connectivity index (χ0n) is 18.2. The van der Waals surface area contributed by atoms with Crippen molar-refractivity contribution in [2.75, 3.05) is 32.9 Å². The SMILES string of the molecule is CCOC(=O)c1c(S(=O)(=O)N2CCOCC2)c(-c2ccccc2)n(-c2ccccc2)c1C. The van der Waals surface area contributed by atoms with Gasteiger partial charge in [-0.05, 0) is 31.5 Å². The molecule has 0 spiro atoms. The first-order chi connectivity index (χ1) is 15.5. The number of carbonyl (C=O) groups is 1. The third-order valence-corrected chi connectivity index (χ3v) is 7.43. The summed E-state index contributed by atoms with van der Waals surface area (Å²) in [6.07, 6.45) is 0. The lowest BCUT2D eigenvalue weighted by Gasteiger charge is -2.26. The van der Waals surface area contributed by atoms with Crippen LogP contribution in [0.4, 0.5) is 0 Å². The Morgan fingerprint density at radius 2 is 1.59 bits per heavy atom. The Kier molecular flexibility index (Phi) is 6.45. The summed E-state index contributed by atoms with van der Waals surface area (Å²) in [6, 6.07) is 18.7. The molecule has 1 saturated heterocycles. The number of aromatic nitrogens is 1. The van der Waals surface area contributed by atoms with E-state index in [0.29, 0.717) is 30.2 Å². The molecule has 0 atom stereocenters. The summed E-state index contributed by atoms with van der Waals surface area (Å²) < 4.78 is 41.8. The van der Waals surface area contributed by atoms with Crippen molar-refractivity contribution in [2.45, 2.75) is 18.7 Å². The summed E-state index contributed by atoms with van der Waals surface area (Å²) in [5, 5.41) is 0. The van der Waals surface area contributed by atoms with Crippen molar-refractivity contribution in [2.24, 2.45) is 0 Å². The summed E-state index contributed by atoms with van der Waals surface area (Å²) >= 11 is 0. The van der Waals surface area contributed by atoms with Gasteiger partial charge >= 0.3 is 5.97 Å². The first-order valence-corrected chi connectivity index (χ1v) is 12.0. The number of sulfonamides is 1. The standard InChI is InChI=1S/C24H26N2O5S/c1-3-31-24(27)21-18(2)26(20-12-8-5-9-13-20)22(19-10-6-4-7-11-19)23(21)32(28,29)25-14-16-30-17-15-25/h4-13H,3,14-17H2,1-2H3. The highest BCUT2D eigenvalue weighted by molar-refractivity contribution is 7.89. The minimum Gasteiger partial charge on any atom is -0.462 e. The fourth-order valence-electron chi connectivity index (χ4n) is 4.03. The van der Waals surface area contributed by atoms with E-state index in [1.165, 1.54) is 4.31 Å². The Morgan fingerprint density at radius 3 is 2.19 bits per heavy atom. The van der Waals surface area contributed by atoms with Crippen molar-refractivity contribution in [1.82, 2.24) is 8.87 Å². The molecule has 2 aromatic carbocycles. The Balaban J connectivity index is 2.09. The molecule has 168 valence electrons. The van der Waals surface area contributed by atoms with Gasteiger partial charge in [0.05, 0.1) is 25.5 Å². The van der Waals surface area contributed by atoms with Crippen molar-refractivity contribution in [1.29, 1.82) is 0 Å². The highest BCUT2D eigenvalue weighted by Crippen LogP contribution is 2.39. The van der Waals surface area contributed by atoms with E-state index in [4.69, 9.17) is 9.47 Å². The Hall–Kier alpha value is -2.94. The molecule has 2 heterocycles. The summed E-state index contributed by atoms with van der Waals surface area (Å²) in [5.41, 5.74) is 2.49. The van der Waals surface area contributed by atoms with Crippen LogP contribution in [0.25, 0.3) is 16.9 Å². The van der Waals surface area contributed by atoms with E-state index >= 15 is 0 Å². The number of hydrogen-bond acceptors (Lipinski definition) is 5. The van der Waals surface area contributed by atoms with Crippen LogP contribution in [0.5, 0.6) is 0 Å². The van der Waals surface area contributed by atoms with Crippen LogP contribution in [0.3, 0.4) is 0 Å². The van der Waals surface area contributed by atoms with Crippen LogP contribution in [-0.4, -0.2) is 56.2 Å². The minimum absolute atomic E-state index is 0.0228.